The fourth-order valence-electron chi connectivity index (χ4n) is 4.47. The van der Waals surface area contributed by atoms with Crippen LogP contribution in [-0.2, 0) is 6.54 Å². The van der Waals surface area contributed by atoms with Crippen LogP contribution in [0.1, 0.15) is 40.2 Å². The number of hydrogen-bond donors (Lipinski definition) is 0. The van der Waals surface area contributed by atoms with Crippen molar-refractivity contribution in [1.29, 1.82) is 0 Å². The van der Waals surface area contributed by atoms with E-state index in [1.165, 1.54) is 12.8 Å². The number of methoxy groups -OCH3 is 1. The molecule has 2 aliphatic heterocycles. The van der Waals surface area contributed by atoms with Crippen LogP contribution >= 0.6 is 0 Å². The van der Waals surface area contributed by atoms with Gasteiger partial charge in [0.1, 0.15) is 12.3 Å². The molecule has 5 rings (SSSR count). The van der Waals surface area contributed by atoms with E-state index in [2.05, 4.69) is 9.88 Å². The fraction of sp³-hybridized carbons (Fsp3) is 0.286. The molecule has 1 fully saturated rings. The number of carbonyl (C=O) groups is 1. The third-order valence-electron chi connectivity index (χ3n) is 6.35. The number of carbonyl (C=O) groups excluding carboxylic acids is 1. The fourth-order valence-corrected chi connectivity index (χ4v) is 4.47. The minimum Gasteiger partial charge on any atom is -0.493 e. The first kappa shape index (κ1) is 22.2. The summed E-state index contributed by atoms with van der Waals surface area (Å²) in [6, 6.07) is 19.6. The molecule has 0 unspecified atom stereocenters. The summed E-state index contributed by atoms with van der Waals surface area (Å²) in [5.74, 6) is 1.22. The Hall–Kier alpha value is -3.64. The summed E-state index contributed by atoms with van der Waals surface area (Å²) in [5, 5.41) is 0. The number of anilines is 1. The van der Waals surface area contributed by atoms with Crippen LogP contribution in [0.25, 0.3) is 12.2 Å². The van der Waals surface area contributed by atoms with Gasteiger partial charge in [-0.2, -0.15) is 0 Å². The van der Waals surface area contributed by atoms with Crippen molar-refractivity contribution >= 4 is 23.7 Å². The zero-order valence-electron chi connectivity index (χ0n) is 19.4. The van der Waals surface area contributed by atoms with Gasteiger partial charge in [-0.25, -0.2) is 4.98 Å². The van der Waals surface area contributed by atoms with E-state index in [4.69, 9.17) is 9.47 Å². The Morgan fingerprint density at radius 1 is 0.971 bits per heavy atom. The van der Waals surface area contributed by atoms with E-state index in [0.29, 0.717) is 30.3 Å². The molecule has 0 N–H and O–H groups in total. The number of nitrogens with zero attached hydrogens (tertiary/aromatic N) is 3. The summed E-state index contributed by atoms with van der Waals surface area (Å²) in [4.78, 5) is 22.0. The van der Waals surface area contributed by atoms with Gasteiger partial charge in [0, 0.05) is 23.9 Å². The summed E-state index contributed by atoms with van der Waals surface area (Å²) in [6.45, 7) is 4.32. The number of aromatic nitrogens is 1. The molecule has 0 radical (unpaired) electrons. The Labute approximate surface area is 200 Å². The van der Waals surface area contributed by atoms with E-state index in [1.807, 2.05) is 72.8 Å². The second-order valence-electron chi connectivity index (χ2n) is 8.61. The van der Waals surface area contributed by atoms with Gasteiger partial charge >= 0.3 is 0 Å². The standard InChI is InChI=1S/C28H29N3O3/c1-33-26-19-24(13-14-25(26)34-18-17-30-15-5-6-16-30)31-20-22-10-12-23(29-27(22)28(31)32)11-9-21-7-3-2-4-8-21/h2-4,7-14,19H,5-6,15-18,20H2,1H3. The summed E-state index contributed by atoms with van der Waals surface area (Å²) < 4.78 is 11.6. The highest BCUT2D eigenvalue weighted by molar-refractivity contribution is 6.09. The first-order valence-electron chi connectivity index (χ1n) is 11.8. The smallest absolute Gasteiger partial charge is 0.277 e. The van der Waals surface area contributed by atoms with Crippen molar-refractivity contribution in [2.75, 3.05) is 38.3 Å². The number of amides is 1. The van der Waals surface area contributed by atoms with Gasteiger partial charge in [-0.05, 0) is 55.8 Å². The van der Waals surface area contributed by atoms with Crippen molar-refractivity contribution in [3.05, 3.63) is 83.2 Å². The number of rotatable bonds is 8. The molecule has 2 aromatic carbocycles. The maximum Gasteiger partial charge on any atom is 0.277 e. The van der Waals surface area contributed by atoms with Crippen LogP contribution in [-0.4, -0.2) is 49.1 Å². The predicted molar refractivity (Wildman–Crippen MR) is 134 cm³/mol. The monoisotopic (exact) mass is 455 g/mol. The number of ether oxygens (including phenoxy) is 2. The topological polar surface area (TPSA) is 54.9 Å². The highest BCUT2D eigenvalue weighted by atomic mass is 16.5. The Morgan fingerprint density at radius 2 is 1.79 bits per heavy atom. The second-order valence-corrected chi connectivity index (χ2v) is 8.61. The lowest BCUT2D eigenvalue weighted by Gasteiger charge is -2.19. The first-order chi connectivity index (χ1) is 16.7. The van der Waals surface area contributed by atoms with Crippen LogP contribution in [0.2, 0.25) is 0 Å². The van der Waals surface area contributed by atoms with E-state index < -0.39 is 0 Å². The van der Waals surface area contributed by atoms with Crippen molar-refractivity contribution in [3.8, 4) is 11.5 Å². The molecule has 6 heteroatoms. The molecular formula is C28H29N3O3. The molecule has 1 saturated heterocycles. The first-order valence-corrected chi connectivity index (χ1v) is 11.8. The van der Waals surface area contributed by atoms with E-state index in [1.54, 1.807) is 12.0 Å². The Morgan fingerprint density at radius 3 is 2.59 bits per heavy atom. The van der Waals surface area contributed by atoms with E-state index in [-0.39, 0.29) is 5.91 Å². The molecular weight excluding hydrogens is 426 g/mol. The van der Waals surface area contributed by atoms with Crippen LogP contribution in [0, 0.1) is 0 Å². The van der Waals surface area contributed by atoms with Crippen molar-refractivity contribution < 1.29 is 14.3 Å². The van der Waals surface area contributed by atoms with Crippen molar-refractivity contribution in [2.45, 2.75) is 19.4 Å². The van der Waals surface area contributed by atoms with Crippen LogP contribution in [0.3, 0.4) is 0 Å². The lowest BCUT2D eigenvalue weighted by atomic mass is 10.1. The van der Waals surface area contributed by atoms with Gasteiger partial charge in [0.05, 0.1) is 19.3 Å². The lowest BCUT2D eigenvalue weighted by Crippen LogP contribution is -2.25. The number of likely N-dealkylation sites (tertiary alicyclic amines) is 1. The quantitative estimate of drug-likeness (QED) is 0.484. The minimum atomic E-state index is -0.102. The maximum atomic E-state index is 13.2. The molecule has 34 heavy (non-hydrogen) atoms. The zero-order chi connectivity index (χ0) is 23.3. The van der Waals surface area contributed by atoms with E-state index >= 15 is 0 Å². The number of pyridine rings is 1. The van der Waals surface area contributed by atoms with Crippen molar-refractivity contribution in [3.63, 3.8) is 0 Å². The third kappa shape index (κ3) is 4.82. The SMILES string of the molecule is COc1cc(N2Cc3ccc(C=Cc4ccccc4)nc3C2=O)ccc1OCCN1CCCC1. The Balaban J connectivity index is 1.28. The van der Waals surface area contributed by atoms with Crippen LogP contribution in [0.5, 0.6) is 11.5 Å². The summed E-state index contributed by atoms with van der Waals surface area (Å²) in [6.07, 6.45) is 6.47. The highest BCUT2D eigenvalue weighted by Crippen LogP contribution is 2.35. The largest absolute Gasteiger partial charge is 0.493 e. The lowest BCUT2D eigenvalue weighted by molar-refractivity contribution is 0.0992. The Bertz CT molecular complexity index is 1190. The predicted octanol–water partition coefficient (Wildman–Crippen LogP) is 4.90. The van der Waals surface area contributed by atoms with Gasteiger partial charge in [-0.1, -0.05) is 42.5 Å². The van der Waals surface area contributed by atoms with E-state index in [0.717, 1.165) is 42.1 Å². The van der Waals surface area contributed by atoms with Gasteiger partial charge in [0.2, 0.25) is 0 Å². The van der Waals surface area contributed by atoms with Gasteiger partial charge in [0.25, 0.3) is 5.91 Å². The van der Waals surface area contributed by atoms with Crippen LogP contribution in [0.15, 0.2) is 60.7 Å². The molecule has 0 spiro atoms. The van der Waals surface area contributed by atoms with Gasteiger partial charge in [-0.15, -0.1) is 0 Å². The number of hydrogen-bond acceptors (Lipinski definition) is 5. The summed E-state index contributed by atoms with van der Waals surface area (Å²) in [7, 11) is 1.62. The second kappa shape index (κ2) is 10.1. The molecule has 0 bridgehead atoms. The zero-order valence-corrected chi connectivity index (χ0v) is 19.4. The molecule has 0 aliphatic carbocycles. The summed E-state index contributed by atoms with van der Waals surface area (Å²) in [5.41, 5.74) is 4.05. The molecule has 174 valence electrons. The average molecular weight is 456 g/mol. The van der Waals surface area contributed by atoms with Crippen molar-refractivity contribution in [1.82, 2.24) is 9.88 Å². The maximum absolute atomic E-state index is 13.2. The van der Waals surface area contributed by atoms with Gasteiger partial charge in [-0.3, -0.25) is 9.69 Å². The summed E-state index contributed by atoms with van der Waals surface area (Å²) >= 11 is 0. The molecule has 0 atom stereocenters. The molecule has 1 amide bonds. The van der Waals surface area contributed by atoms with Crippen molar-refractivity contribution in [2.24, 2.45) is 0 Å². The molecule has 3 heterocycles. The average Bonchev–Trinajstić information content (AvgIpc) is 3.51. The molecule has 3 aromatic rings. The van der Waals surface area contributed by atoms with Crippen LogP contribution in [0.4, 0.5) is 5.69 Å². The normalized spacial score (nSPS) is 15.8. The molecule has 0 saturated carbocycles. The minimum absolute atomic E-state index is 0.102. The van der Waals surface area contributed by atoms with Gasteiger partial charge < -0.3 is 14.4 Å². The van der Waals surface area contributed by atoms with E-state index in [9.17, 15) is 4.79 Å². The Kier molecular flexibility index (Phi) is 6.58. The van der Waals surface area contributed by atoms with Crippen LogP contribution < -0.4 is 14.4 Å². The highest BCUT2D eigenvalue weighted by Gasteiger charge is 2.30. The molecule has 6 nitrogen and oxygen atoms in total. The third-order valence-corrected chi connectivity index (χ3v) is 6.35. The molecule has 2 aliphatic rings. The number of fused-ring (bicyclic) bond motifs is 1. The molecule has 1 aromatic heterocycles. The van der Waals surface area contributed by atoms with Gasteiger partial charge in [0.15, 0.2) is 11.5 Å². The number of benzene rings is 2.